The number of halogens is 5. The van der Waals surface area contributed by atoms with E-state index in [9.17, 15) is 0 Å². The predicted molar refractivity (Wildman–Crippen MR) is 560 cm³/mol. The van der Waals surface area contributed by atoms with Gasteiger partial charge in [-0.15, -0.1) is 0 Å². The molecule has 15 heteroatoms. The van der Waals surface area contributed by atoms with Crippen LogP contribution < -0.4 is 109 Å². The summed E-state index contributed by atoms with van der Waals surface area (Å²) in [6.07, 6.45) is 0. The minimum atomic E-state index is -1.88. The molecule has 2 nitrogen and oxygen atoms in total. The Morgan fingerprint density at radius 2 is 0.408 bits per heavy atom. The summed E-state index contributed by atoms with van der Waals surface area (Å²) in [5, 5.41) is 12.9. The van der Waals surface area contributed by atoms with Crippen molar-refractivity contribution >= 4 is 216 Å². The van der Waals surface area contributed by atoms with Crippen LogP contribution in [0, 0.1) is 72.6 Å². The normalized spacial score (nSPS) is 11.8. The van der Waals surface area contributed by atoms with Crippen molar-refractivity contribution in [1.29, 1.82) is 0 Å². The number of aryl methyl sites for hydroxylation is 9. The van der Waals surface area contributed by atoms with Crippen LogP contribution in [0.4, 0.5) is 11.4 Å². The molecule has 0 atom stereocenters. The molecule has 16 aromatic rings. The summed E-state index contributed by atoms with van der Waals surface area (Å²) in [7, 11) is 22.2. The molecular weight excluding hydrogens is 2030 g/mol. The molecule has 0 amide bonds. The average molecular weight is 2130 g/mol. The predicted octanol–water partition coefficient (Wildman–Crippen LogP) is 22.4. The van der Waals surface area contributed by atoms with Crippen molar-refractivity contribution in [2.45, 2.75) is 62.3 Å². The molecule has 125 heavy (non-hydrogen) atoms. The fraction of sp³-hybridized carbons (Fsp3) is 0.100. The van der Waals surface area contributed by atoms with Gasteiger partial charge in [0.05, 0.1) is 23.8 Å². The van der Waals surface area contributed by atoms with Crippen LogP contribution in [-0.2, 0) is 27.0 Å². The number of anilines is 2. The fourth-order valence-electron chi connectivity index (χ4n) is 16.4. The Hall–Kier alpha value is -3.80. The number of hydrogen-bond donors (Lipinski definition) is 0. The molecule has 0 saturated carbocycles. The Morgan fingerprint density at radius 1 is 0.256 bits per heavy atom. The van der Waals surface area contributed by atoms with Gasteiger partial charge in [0.2, 0.25) is 0 Å². The van der Waals surface area contributed by atoms with Crippen molar-refractivity contribution in [3.8, 4) is 22.3 Å². The van der Waals surface area contributed by atoms with Gasteiger partial charge in [-0.1, -0.05) is 217 Å². The van der Waals surface area contributed by atoms with E-state index in [1.165, 1.54) is 229 Å². The van der Waals surface area contributed by atoms with Gasteiger partial charge in [-0.05, 0) is 227 Å². The van der Waals surface area contributed by atoms with Crippen LogP contribution in [0.2, 0.25) is 0 Å². The summed E-state index contributed by atoms with van der Waals surface area (Å²) in [6.45, 7) is 24.0. The Morgan fingerprint density at radius 3 is 0.576 bits per heavy atom. The first kappa shape index (κ1) is 102. The van der Waals surface area contributed by atoms with E-state index < -0.39 is 50.8 Å². The van der Waals surface area contributed by atoms with E-state index in [1.54, 1.807) is 0 Å². The van der Waals surface area contributed by atoms with E-state index in [0.29, 0.717) is 0 Å². The maximum absolute atomic E-state index is 6.21. The molecule has 1 saturated heterocycles. The van der Waals surface area contributed by atoms with E-state index in [1.807, 2.05) is 24.3 Å². The Kier molecular flexibility index (Phi) is 42.8. The van der Waals surface area contributed by atoms with Crippen molar-refractivity contribution in [1.82, 2.24) is 0 Å². The topological polar surface area (TPSA) is 6.48 Å². The molecular formula is C110H103Cl4IK3N2P3Ru2+2. The quantitative estimate of drug-likeness (QED) is 0.0551. The molecule has 0 N–H and O–H groups in total. The van der Waals surface area contributed by atoms with Crippen molar-refractivity contribution in [3.05, 3.63) is 489 Å². The zero-order valence-corrected chi connectivity index (χ0v) is 94.2. The second kappa shape index (κ2) is 52.6. The number of nitrogens with zero attached hydrogens (tertiary/aromatic N) is 2. The number of fused-ring (bicyclic) bond motifs is 6. The van der Waals surface area contributed by atoms with Crippen LogP contribution in [-0.4, -0.2) is 84.5 Å². The van der Waals surface area contributed by atoms with E-state index in [2.05, 4.69) is 484 Å². The standard InChI is InChI=1S/C21H27N2.3C18H15P.2C13H8.C9H11I.4ClH.3K.2Ru.H/c1-14-9-16(3)20(17(4)10-14)22-7-8-23(13-22)21-18(5)11-15(2)12-19(21)6;3*1-4-10-16(11-5-1)19(17-12-6-2-7-13-17)18-14-8-3-9-15-18;2*1-3-7-12-10(5-1)9-11-6-2-4-8-13(11)12;1-6-4-7(2)9(10)8(3)5-6;;;;;;;;;;/h9-13H,7-8H2,1-6H3;3*1-15H;2*1-8H;4-5H,1-3H3;4*1H;;;;;;/q-1;;;;;;;;;;;;;+1;2*+2;-1/p-1. The van der Waals surface area contributed by atoms with Crippen molar-refractivity contribution < 1.29 is 79.8 Å². The summed E-state index contributed by atoms with van der Waals surface area (Å²) in [6, 6.07) is 144. The van der Waals surface area contributed by atoms with Gasteiger partial charge in [0.1, 0.15) is 47.7 Å². The van der Waals surface area contributed by atoms with E-state index >= 15 is 0 Å². The molecule has 620 valence electrons. The molecule has 0 spiro atoms. The minimum absolute atomic E-state index is 0. The molecule has 2 aliphatic carbocycles. The Balaban J connectivity index is 0.000000154. The monoisotopic (exact) mass is 2130 g/mol. The van der Waals surface area contributed by atoms with Gasteiger partial charge < -0.3 is 11.2 Å². The molecule has 1 aliphatic heterocycles. The first-order chi connectivity index (χ1) is 60.4. The molecule has 3 aliphatic rings. The summed E-state index contributed by atoms with van der Waals surface area (Å²) >= 11 is 1.13. The number of hydrogen-bond acceptors (Lipinski definition) is 2. The van der Waals surface area contributed by atoms with Gasteiger partial charge in [-0.3, -0.25) is 0 Å². The Bertz CT molecular complexity index is 5300. The zero-order valence-electron chi connectivity index (χ0n) is 74.2. The summed E-state index contributed by atoms with van der Waals surface area (Å²) < 4.78 is 3.72. The van der Waals surface area contributed by atoms with Gasteiger partial charge in [0.15, 0.2) is 0 Å². The first-order valence-corrected chi connectivity index (χ1v) is 74.2. The molecule has 19 rings (SSSR count). The molecule has 16 aromatic carbocycles. The SMILES string of the molecule is Cc1cc(C)c(I)c(C)c1.Cc1cc(C)c(N2[CH-]N(c3c(C)cc(C)cc3C)CC2)c(C)c1.[Cl][Ru]([Cl])=[C]1c2ccccc2-c2ccccc21.[Cl][Ru]([Cl])=[C]1c2ccccc2-c2ccccc21.[H-].[K+].[K][K].c1ccc([PH+](c2ccccc2)c2ccccc2)cc1.c1ccc([PH+](c2ccccc2)c2ccccc2)cc1.c1ccc([PH+](c2ccccc2)c2ccccc2)cc1. The smallest absolute Gasteiger partial charge is 0.0620 e. The van der Waals surface area contributed by atoms with E-state index in [-0.39, 0.29) is 52.8 Å². The first-order valence-electron chi connectivity index (χ1n) is 41.9. The second-order valence-electron chi connectivity index (χ2n) is 30.3. The summed E-state index contributed by atoms with van der Waals surface area (Å²) in [5.74, 6) is 0. The Labute approximate surface area is 876 Å². The van der Waals surface area contributed by atoms with Crippen LogP contribution >= 0.6 is 85.1 Å². The van der Waals surface area contributed by atoms with Crippen LogP contribution in [0.5, 0.6) is 0 Å². The number of benzene rings is 16. The van der Waals surface area contributed by atoms with Gasteiger partial charge in [0.25, 0.3) is 0 Å². The summed E-state index contributed by atoms with van der Waals surface area (Å²) in [5.41, 5.74) is 24.9. The molecule has 1 fully saturated rings. The average Bonchev–Trinajstić information content (AvgIpc) is 1.62. The van der Waals surface area contributed by atoms with Gasteiger partial charge in [0, 0.05) is 28.0 Å². The fourth-order valence-corrected chi connectivity index (χ4v) is 30.8. The largest absolute Gasteiger partial charge is 0.102 e. The third kappa shape index (κ3) is 27.9. The molecule has 0 aromatic heterocycles. The van der Waals surface area contributed by atoms with Crippen LogP contribution in [0.25, 0.3) is 22.3 Å². The minimum Gasteiger partial charge on any atom is -0.0620 e. The van der Waals surface area contributed by atoms with Crippen molar-refractivity contribution in [2.75, 3.05) is 22.9 Å². The van der Waals surface area contributed by atoms with E-state index in [4.69, 9.17) is 38.8 Å². The zero-order chi connectivity index (χ0) is 87.4. The molecule has 0 radical (unpaired) electrons. The number of rotatable bonds is 11. The van der Waals surface area contributed by atoms with Gasteiger partial charge in [-0.2, -0.15) is 6.67 Å². The molecule has 0 bridgehead atoms. The van der Waals surface area contributed by atoms with Crippen molar-refractivity contribution in [2.24, 2.45) is 0 Å². The van der Waals surface area contributed by atoms with Gasteiger partial charge in [-0.25, -0.2) is 0 Å². The third-order valence-electron chi connectivity index (χ3n) is 21.3. The maximum atomic E-state index is 6.21. The molecule has 1 heterocycles. The van der Waals surface area contributed by atoms with Crippen LogP contribution in [0.1, 0.15) is 73.8 Å². The van der Waals surface area contributed by atoms with Crippen LogP contribution in [0.3, 0.4) is 0 Å². The van der Waals surface area contributed by atoms with Crippen molar-refractivity contribution in [3.63, 3.8) is 0 Å². The second-order valence-corrected chi connectivity index (χ2v) is 50.3. The maximum Gasteiger partial charge on any atom is 0.102 e. The molecule has 0 unspecified atom stereocenters. The van der Waals surface area contributed by atoms with E-state index in [0.717, 1.165) is 13.1 Å². The van der Waals surface area contributed by atoms with Gasteiger partial charge >= 0.3 is 330 Å². The van der Waals surface area contributed by atoms with Crippen LogP contribution in [0.15, 0.2) is 406 Å². The summed E-state index contributed by atoms with van der Waals surface area (Å²) in [4.78, 5) is 4.81. The third-order valence-corrected chi connectivity index (χ3v) is 37.6.